The normalized spacial score (nSPS) is 15.6. The van der Waals surface area contributed by atoms with E-state index in [0.717, 1.165) is 0 Å². The first kappa shape index (κ1) is 22.5. The molecular weight excluding hydrogens is 448 g/mol. The van der Waals surface area contributed by atoms with Crippen molar-refractivity contribution in [1.29, 1.82) is 0 Å². The van der Waals surface area contributed by atoms with Crippen LogP contribution in [-0.4, -0.2) is 54.0 Å². The topological polar surface area (TPSA) is 79.5 Å². The Bertz CT molecular complexity index is 1310. The van der Waals surface area contributed by atoms with Crippen molar-refractivity contribution in [2.24, 2.45) is 0 Å². The van der Waals surface area contributed by atoms with Gasteiger partial charge in [-0.25, -0.2) is 8.42 Å². The van der Waals surface area contributed by atoms with Crippen LogP contribution in [0, 0.1) is 6.92 Å². The lowest BCUT2D eigenvalue weighted by Crippen LogP contribution is -2.49. The van der Waals surface area contributed by atoms with Gasteiger partial charge >= 0.3 is 0 Å². The van der Waals surface area contributed by atoms with E-state index in [9.17, 15) is 8.42 Å². The Hall–Kier alpha value is -3.33. The van der Waals surface area contributed by atoms with Crippen molar-refractivity contribution in [2.45, 2.75) is 17.9 Å². The number of piperazine rings is 1. The first-order valence-electron chi connectivity index (χ1n) is 11.3. The summed E-state index contributed by atoms with van der Waals surface area (Å²) in [6, 6.07) is 27.5. The van der Waals surface area contributed by atoms with Crippen LogP contribution in [0.1, 0.15) is 23.1 Å². The zero-order valence-electron chi connectivity index (χ0n) is 18.9. The molecule has 1 aliphatic heterocycles. The Morgan fingerprint density at radius 3 is 1.97 bits per heavy atom. The highest BCUT2D eigenvalue weighted by atomic mass is 32.2. The zero-order valence-corrected chi connectivity index (χ0v) is 19.7. The van der Waals surface area contributed by atoms with Crippen LogP contribution in [-0.2, 0) is 10.0 Å². The van der Waals surface area contributed by atoms with Crippen molar-refractivity contribution in [3.63, 3.8) is 0 Å². The lowest BCUT2D eigenvalue weighted by molar-refractivity contribution is 0.156. The van der Waals surface area contributed by atoms with Crippen molar-refractivity contribution in [2.75, 3.05) is 26.2 Å². The van der Waals surface area contributed by atoms with Gasteiger partial charge in [0.15, 0.2) is 0 Å². The summed E-state index contributed by atoms with van der Waals surface area (Å²) in [7, 11) is -3.65. The Balaban J connectivity index is 1.36. The van der Waals surface area contributed by atoms with E-state index in [1.807, 2.05) is 36.4 Å². The smallest absolute Gasteiger partial charge is 0.247 e. The number of aromatic nitrogens is 2. The number of nitrogens with zero attached hydrogens (tertiary/aromatic N) is 4. The van der Waals surface area contributed by atoms with Crippen molar-refractivity contribution in [3.8, 4) is 11.5 Å². The average molecular weight is 475 g/mol. The van der Waals surface area contributed by atoms with Gasteiger partial charge < -0.3 is 4.42 Å². The van der Waals surface area contributed by atoms with Gasteiger partial charge in [0, 0.05) is 38.7 Å². The van der Waals surface area contributed by atoms with Crippen LogP contribution in [0.25, 0.3) is 11.5 Å². The third kappa shape index (κ3) is 4.52. The summed E-state index contributed by atoms with van der Waals surface area (Å²) in [5.41, 5.74) is 2.99. The summed E-state index contributed by atoms with van der Waals surface area (Å²) < 4.78 is 33.9. The standard InChI is InChI=1S/C26H26N4O3S/c1-20-27-28-26(33-20)23-13-8-14-24(19-23)34(31,32)30-17-15-29(16-18-30)25(21-9-4-2-5-10-21)22-11-6-3-7-12-22/h2-14,19,25H,15-18H2,1H3. The van der Waals surface area contributed by atoms with Gasteiger partial charge in [-0.1, -0.05) is 66.7 Å². The fraction of sp³-hybridized carbons (Fsp3) is 0.231. The number of benzene rings is 3. The van der Waals surface area contributed by atoms with Gasteiger partial charge in [0.2, 0.25) is 21.8 Å². The Morgan fingerprint density at radius 2 is 1.41 bits per heavy atom. The molecular formula is C26H26N4O3S. The molecule has 5 rings (SSSR count). The second-order valence-electron chi connectivity index (χ2n) is 8.32. The Morgan fingerprint density at radius 1 is 0.794 bits per heavy atom. The van der Waals surface area contributed by atoms with Crippen molar-refractivity contribution >= 4 is 10.0 Å². The number of sulfonamides is 1. The maximum atomic E-state index is 13.4. The van der Waals surface area contributed by atoms with Gasteiger partial charge in [-0.15, -0.1) is 10.2 Å². The van der Waals surface area contributed by atoms with Crippen molar-refractivity contribution in [1.82, 2.24) is 19.4 Å². The van der Waals surface area contributed by atoms with Crippen LogP contribution in [0.15, 0.2) is 94.2 Å². The molecule has 1 fully saturated rings. The number of hydrogen-bond donors (Lipinski definition) is 0. The molecule has 2 heterocycles. The van der Waals surface area contributed by atoms with E-state index in [-0.39, 0.29) is 10.9 Å². The minimum Gasteiger partial charge on any atom is -0.421 e. The van der Waals surface area contributed by atoms with Gasteiger partial charge in [-0.05, 0) is 29.3 Å². The highest BCUT2D eigenvalue weighted by Crippen LogP contribution is 2.31. The Labute approximate surface area is 199 Å². The Kier molecular flexibility index (Phi) is 6.28. The van der Waals surface area contributed by atoms with Crippen molar-refractivity contribution < 1.29 is 12.8 Å². The predicted molar refractivity (Wildman–Crippen MR) is 130 cm³/mol. The van der Waals surface area contributed by atoms with Gasteiger partial charge in [0.05, 0.1) is 10.9 Å². The van der Waals surface area contributed by atoms with E-state index >= 15 is 0 Å². The number of hydrogen-bond acceptors (Lipinski definition) is 6. The molecule has 174 valence electrons. The summed E-state index contributed by atoms with van der Waals surface area (Å²) in [5, 5.41) is 7.84. The predicted octanol–water partition coefficient (Wildman–Crippen LogP) is 4.14. The fourth-order valence-corrected chi connectivity index (χ4v) is 5.91. The molecule has 3 aromatic carbocycles. The molecule has 34 heavy (non-hydrogen) atoms. The maximum Gasteiger partial charge on any atom is 0.247 e. The van der Waals surface area contributed by atoms with E-state index in [4.69, 9.17) is 4.42 Å². The first-order valence-corrected chi connectivity index (χ1v) is 12.7. The molecule has 4 aromatic rings. The summed E-state index contributed by atoms with van der Waals surface area (Å²) in [6.07, 6.45) is 0. The molecule has 8 heteroatoms. The molecule has 0 amide bonds. The van der Waals surface area contributed by atoms with E-state index in [0.29, 0.717) is 43.5 Å². The second kappa shape index (κ2) is 9.50. The molecule has 1 aliphatic rings. The summed E-state index contributed by atoms with van der Waals surface area (Å²) in [6.45, 7) is 3.81. The van der Waals surface area contributed by atoms with Crippen molar-refractivity contribution in [3.05, 3.63) is 102 Å². The zero-order chi connectivity index (χ0) is 23.5. The van der Waals surface area contributed by atoms with Gasteiger partial charge in [0.25, 0.3) is 0 Å². The highest BCUT2D eigenvalue weighted by Gasteiger charge is 2.32. The van der Waals surface area contributed by atoms with Gasteiger partial charge in [-0.2, -0.15) is 4.31 Å². The molecule has 0 bridgehead atoms. The monoisotopic (exact) mass is 474 g/mol. The number of aryl methyl sites for hydroxylation is 1. The second-order valence-corrected chi connectivity index (χ2v) is 10.3. The summed E-state index contributed by atoms with van der Waals surface area (Å²) in [4.78, 5) is 2.59. The number of rotatable bonds is 6. The molecule has 0 radical (unpaired) electrons. The lowest BCUT2D eigenvalue weighted by atomic mass is 9.96. The summed E-state index contributed by atoms with van der Waals surface area (Å²) in [5.74, 6) is 0.749. The molecule has 1 aromatic heterocycles. The third-order valence-electron chi connectivity index (χ3n) is 6.11. The van der Waals surface area contributed by atoms with Crippen LogP contribution < -0.4 is 0 Å². The molecule has 0 aliphatic carbocycles. The van der Waals surface area contributed by atoms with E-state index < -0.39 is 10.0 Å². The van der Waals surface area contributed by atoms with E-state index in [1.54, 1.807) is 35.5 Å². The molecule has 7 nitrogen and oxygen atoms in total. The highest BCUT2D eigenvalue weighted by molar-refractivity contribution is 7.89. The van der Waals surface area contributed by atoms with Gasteiger partial charge in [-0.3, -0.25) is 4.90 Å². The largest absolute Gasteiger partial charge is 0.421 e. The molecule has 0 N–H and O–H groups in total. The molecule has 0 saturated carbocycles. The lowest BCUT2D eigenvalue weighted by Gasteiger charge is -2.39. The molecule has 0 spiro atoms. The van der Waals surface area contributed by atoms with Crippen LogP contribution in [0.4, 0.5) is 0 Å². The third-order valence-corrected chi connectivity index (χ3v) is 8.01. The van der Waals surface area contributed by atoms with Crippen LogP contribution >= 0.6 is 0 Å². The first-order chi connectivity index (χ1) is 16.5. The SMILES string of the molecule is Cc1nnc(-c2cccc(S(=O)(=O)N3CCN(C(c4ccccc4)c4ccccc4)CC3)c2)o1. The van der Waals surface area contributed by atoms with E-state index in [2.05, 4.69) is 39.4 Å². The van der Waals surface area contributed by atoms with Gasteiger partial charge in [0.1, 0.15) is 0 Å². The van der Waals surface area contributed by atoms with E-state index in [1.165, 1.54) is 11.1 Å². The quantitative estimate of drug-likeness (QED) is 0.418. The summed E-state index contributed by atoms with van der Waals surface area (Å²) >= 11 is 0. The maximum absolute atomic E-state index is 13.4. The molecule has 0 atom stereocenters. The molecule has 1 saturated heterocycles. The molecule has 0 unspecified atom stereocenters. The van der Waals surface area contributed by atoms with Crippen LogP contribution in [0.2, 0.25) is 0 Å². The fourth-order valence-electron chi connectivity index (χ4n) is 4.44. The van der Waals surface area contributed by atoms with Crippen LogP contribution in [0.3, 0.4) is 0 Å². The minimum absolute atomic E-state index is 0.0800. The van der Waals surface area contributed by atoms with Crippen LogP contribution in [0.5, 0.6) is 0 Å². The average Bonchev–Trinajstić information content (AvgIpc) is 3.32. The minimum atomic E-state index is -3.65.